The van der Waals surface area contributed by atoms with E-state index >= 15 is 0 Å². The molecule has 0 radical (unpaired) electrons. The van der Waals surface area contributed by atoms with E-state index in [0.29, 0.717) is 0 Å². The maximum atomic E-state index is 3.57. The topological polar surface area (TPSA) is 36.1 Å². The molecule has 0 aliphatic rings. The molecule has 29 heavy (non-hydrogen) atoms. The molecule has 0 aromatic rings. The molecule has 3 heteroatoms. The lowest BCUT2D eigenvalue weighted by atomic mass is 10.1. The molecule has 0 spiro atoms. The summed E-state index contributed by atoms with van der Waals surface area (Å²) in [5.74, 6) is 0. The van der Waals surface area contributed by atoms with E-state index in [1.165, 1.54) is 129 Å². The highest BCUT2D eigenvalue weighted by Crippen LogP contribution is 2.10. The zero-order valence-electron chi connectivity index (χ0n) is 20.5. The smallest absolute Gasteiger partial charge is 0.00772 e. The van der Waals surface area contributed by atoms with Crippen LogP contribution in [0.5, 0.6) is 0 Å². The molecule has 0 unspecified atom stereocenters. The van der Waals surface area contributed by atoms with Gasteiger partial charge >= 0.3 is 0 Å². The molecular weight excluding hydrogens is 354 g/mol. The first-order valence-electron chi connectivity index (χ1n) is 13.5. The highest BCUT2D eigenvalue weighted by Gasteiger charge is 1.94. The minimum atomic E-state index is 1.09. The number of unbranched alkanes of at least 4 members (excludes halogenated alkanes) is 16. The van der Waals surface area contributed by atoms with E-state index in [0.717, 1.165) is 26.2 Å². The molecule has 0 bridgehead atoms. The van der Waals surface area contributed by atoms with Crippen molar-refractivity contribution < 1.29 is 0 Å². The molecule has 0 aliphatic carbocycles. The fraction of sp³-hybridized carbons (Fsp3) is 1.00. The van der Waals surface area contributed by atoms with Crippen LogP contribution in [0.1, 0.15) is 129 Å². The Bertz CT molecular complexity index is 245. The Morgan fingerprint density at radius 3 is 0.828 bits per heavy atom. The first-order chi connectivity index (χ1) is 14.4. The molecule has 0 heterocycles. The Labute approximate surface area is 185 Å². The van der Waals surface area contributed by atoms with Gasteiger partial charge in [-0.2, -0.15) is 0 Å². The molecule has 0 atom stereocenters. The molecule has 3 N–H and O–H groups in total. The van der Waals surface area contributed by atoms with Crippen molar-refractivity contribution in [1.29, 1.82) is 0 Å². The van der Waals surface area contributed by atoms with Gasteiger partial charge < -0.3 is 16.0 Å². The van der Waals surface area contributed by atoms with Crippen LogP contribution in [0.25, 0.3) is 0 Å². The minimum absolute atomic E-state index is 1.09. The van der Waals surface area contributed by atoms with Crippen LogP contribution in [-0.4, -0.2) is 39.3 Å². The van der Waals surface area contributed by atoms with Gasteiger partial charge in [0.05, 0.1) is 0 Å². The second-order valence-electron chi connectivity index (χ2n) is 8.91. The van der Waals surface area contributed by atoms with Crippen LogP contribution in [0.3, 0.4) is 0 Å². The molecule has 0 aromatic heterocycles. The van der Waals surface area contributed by atoms with Gasteiger partial charge in [-0.05, 0) is 25.9 Å². The van der Waals surface area contributed by atoms with E-state index in [4.69, 9.17) is 0 Å². The number of rotatable bonds is 26. The predicted molar refractivity (Wildman–Crippen MR) is 133 cm³/mol. The molecule has 0 aliphatic heterocycles. The van der Waals surface area contributed by atoms with Gasteiger partial charge in [0, 0.05) is 26.2 Å². The summed E-state index contributed by atoms with van der Waals surface area (Å²) in [6, 6.07) is 0. The van der Waals surface area contributed by atoms with Gasteiger partial charge in [-0.25, -0.2) is 0 Å². The first kappa shape index (κ1) is 28.9. The van der Waals surface area contributed by atoms with Crippen LogP contribution in [0.4, 0.5) is 0 Å². The second kappa shape index (κ2) is 27.9. The minimum Gasteiger partial charge on any atom is -0.315 e. The molecule has 0 rings (SSSR count). The molecule has 0 fully saturated rings. The molecule has 0 amide bonds. The van der Waals surface area contributed by atoms with Crippen LogP contribution in [0.15, 0.2) is 0 Å². The van der Waals surface area contributed by atoms with Gasteiger partial charge in [-0.15, -0.1) is 0 Å². The summed E-state index contributed by atoms with van der Waals surface area (Å²) in [5, 5.41) is 10.7. The standard InChI is InChI=1S/C26H57N3/c1-3-5-7-9-11-13-15-17-19-21-27-23-25-29-26-24-28-22-20-18-16-14-12-10-8-6-4-2/h27-29H,3-26H2,1-2H3. The highest BCUT2D eigenvalue weighted by atomic mass is 15.0. The van der Waals surface area contributed by atoms with E-state index in [9.17, 15) is 0 Å². The third kappa shape index (κ3) is 27.9. The normalized spacial score (nSPS) is 11.4. The Morgan fingerprint density at radius 1 is 0.276 bits per heavy atom. The third-order valence-electron chi connectivity index (χ3n) is 5.87. The monoisotopic (exact) mass is 411 g/mol. The average molecular weight is 412 g/mol. The largest absolute Gasteiger partial charge is 0.315 e. The number of nitrogens with one attached hydrogen (secondary N) is 3. The number of hydrogen-bond donors (Lipinski definition) is 3. The van der Waals surface area contributed by atoms with Crippen LogP contribution in [-0.2, 0) is 0 Å². The van der Waals surface area contributed by atoms with E-state index in [2.05, 4.69) is 29.8 Å². The Balaban J connectivity index is 2.97. The molecule has 0 saturated carbocycles. The summed E-state index contributed by atoms with van der Waals surface area (Å²) in [6.45, 7) is 11.4. The lowest BCUT2D eigenvalue weighted by Gasteiger charge is -2.08. The van der Waals surface area contributed by atoms with Gasteiger partial charge in [0.1, 0.15) is 0 Å². The molecule has 0 aromatic carbocycles. The van der Waals surface area contributed by atoms with Crippen molar-refractivity contribution >= 4 is 0 Å². The van der Waals surface area contributed by atoms with Gasteiger partial charge in [-0.1, -0.05) is 117 Å². The zero-order chi connectivity index (χ0) is 21.1. The van der Waals surface area contributed by atoms with Gasteiger partial charge in [-0.3, -0.25) is 0 Å². The van der Waals surface area contributed by atoms with Crippen molar-refractivity contribution in [3.8, 4) is 0 Å². The Morgan fingerprint density at radius 2 is 0.517 bits per heavy atom. The Hall–Kier alpha value is -0.120. The summed E-state index contributed by atoms with van der Waals surface area (Å²) in [5.41, 5.74) is 0. The van der Waals surface area contributed by atoms with E-state index < -0.39 is 0 Å². The fourth-order valence-corrected chi connectivity index (χ4v) is 3.85. The molecule has 0 saturated heterocycles. The van der Waals surface area contributed by atoms with Crippen LogP contribution in [0.2, 0.25) is 0 Å². The molecule has 176 valence electrons. The van der Waals surface area contributed by atoms with Crippen molar-refractivity contribution in [1.82, 2.24) is 16.0 Å². The Kier molecular flexibility index (Phi) is 27.8. The van der Waals surface area contributed by atoms with Crippen molar-refractivity contribution in [2.75, 3.05) is 39.3 Å². The van der Waals surface area contributed by atoms with Crippen LogP contribution < -0.4 is 16.0 Å². The summed E-state index contributed by atoms with van der Waals surface area (Å²) in [6.07, 6.45) is 25.5. The maximum absolute atomic E-state index is 3.57. The maximum Gasteiger partial charge on any atom is 0.00772 e. The second-order valence-corrected chi connectivity index (χ2v) is 8.91. The lowest BCUT2D eigenvalue weighted by Crippen LogP contribution is -2.33. The van der Waals surface area contributed by atoms with Gasteiger partial charge in [0.2, 0.25) is 0 Å². The summed E-state index contributed by atoms with van der Waals surface area (Å²) < 4.78 is 0. The first-order valence-corrected chi connectivity index (χ1v) is 13.5. The average Bonchev–Trinajstić information content (AvgIpc) is 2.74. The SMILES string of the molecule is CCCCCCCCCCCNCCNCCNCCCCCCCCCCC. The lowest BCUT2D eigenvalue weighted by molar-refractivity contribution is 0.530. The van der Waals surface area contributed by atoms with Crippen molar-refractivity contribution in [2.24, 2.45) is 0 Å². The summed E-state index contributed by atoms with van der Waals surface area (Å²) >= 11 is 0. The summed E-state index contributed by atoms with van der Waals surface area (Å²) in [7, 11) is 0. The summed E-state index contributed by atoms with van der Waals surface area (Å²) in [4.78, 5) is 0. The molecular formula is C26H57N3. The van der Waals surface area contributed by atoms with E-state index in [1.54, 1.807) is 0 Å². The number of hydrogen-bond acceptors (Lipinski definition) is 3. The van der Waals surface area contributed by atoms with E-state index in [-0.39, 0.29) is 0 Å². The van der Waals surface area contributed by atoms with Crippen LogP contribution in [0, 0.1) is 0 Å². The van der Waals surface area contributed by atoms with Gasteiger partial charge in [0.25, 0.3) is 0 Å². The van der Waals surface area contributed by atoms with E-state index in [1.807, 2.05) is 0 Å². The van der Waals surface area contributed by atoms with Crippen LogP contribution >= 0.6 is 0 Å². The third-order valence-corrected chi connectivity index (χ3v) is 5.87. The fourth-order valence-electron chi connectivity index (χ4n) is 3.85. The highest BCUT2D eigenvalue weighted by molar-refractivity contribution is 4.56. The quantitative estimate of drug-likeness (QED) is 0.137. The predicted octanol–water partition coefficient (Wildman–Crippen LogP) is 6.82. The molecule has 3 nitrogen and oxygen atoms in total. The zero-order valence-corrected chi connectivity index (χ0v) is 20.5. The van der Waals surface area contributed by atoms with Crippen molar-refractivity contribution in [3.05, 3.63) is 0 Å². The van der Waals surface area contributed by atoms with Gasteiger partial charge in [0.15, 0.2) is 0 Å². The van der Waals surface area contributed by atoms with Crippen molar-refractivity contribution in [3.63, 3.8) is 0 Å². The van der Waals surface area contributed by atoms with Crippen molar-refractivity contribution in [2.45, 2.75) is 129 Å².